The van der Waals surface area contributed by atoms with Crippen LogP contribution in [0.25, 0.3) is 0 Å². The second-order valence-electron chi connectivity index (χ2n) is 1.65. The molecule has 0 radical (unpaired) electrons. The van der Waals surface area contributed by atoms with E-state index in [-0.39, 0.29) is 5.84 Å². The maximum atomic E-state index is 8.09. The number of hydrogen-bond acceptors (Lipinski definition) is 3. The lowest BCUT2D eigenvalue weighted by Gasteiger charge is -1.91. The first kappa shape index (κ1) is 8.50. The van der Waals surface area contributed by atoms with E-state index in [2.05, 4.69) is 5.32 Å². The van der Waals surface area contributed by atoms with Gasteiger partial charge in [0.2, 0.25) is 0 Å². The minimum Gasteiger partial charge on any atom is -0.390 e. The average Bonchev–Trinajstić information content (AvgIpc) is 1.87. The quantitative estimate of drug-likeness (QED) is 0.289. The van der Waals surface area contributed by atoms with Gasteiger partial charge >= 0.3 is 0 Å². The number of nitriles is 1. The van der Waals surface area contributed by atoms with Gasteiger partial charge in [0.05, 0.1) is 12.5 Å². The Morgan fingerprint density at radius 2 is 2.50 bits per heavy atom. The fourth-order valence-corrected chi connectivity index (χ4v) is 0.360. The van der Waals surface area contributed by atoms with Crippen LogP contribution in [0.15, 0.2) is 12.3 Å². The molecule has 0 fully saturated rings. The van der Waals surface area contributed by atoms with Gasteiger partial charge in [-0.15, -0.1) is 0 Å². The smallest absolute Gasteiger partial charge is 0.116 e. The minimum atomic E-state index is 0.00413. The van der Waals surface area contributed by atoms with Crippen molar-refractivity contribution in [1.29, 1.82) is 10.7 Å². The molecule has 0 aliphatic heterocycles. The van der Waals surface area contributed by atoms with Crippen LogP contribution in [0.2, 0.25) is 0 Å². The molecule has 0 heterocycles. The number of nitrogens with zero attached hydrogens (tertiary/aromatic N) is 1. The fraction of sp³-hybridized carbons (Fsp3) is 0.333. The van der Waals surface area contributed by atoms with Gasteiger partial charge in [-0.1, -0.05) is 0 Å². The van der Waals surface area contributed by atoms with Crippen molar-refractivity contribution in [3.05, 3.63) is 12.3 Å². The van der Waals surface area contributed by atoms with Crippen molar-refractivity contribution in [2.45, 2.75) is 6.42 Å². The predicted molar refractivity (Wildman–Crippen MR) is 39.3 cm³/mol. The lowest BCUT2D eigenvalue weighted by atomic mass is 10.5. The Labute approximate surface area is 59.8 Å². The van der Waals surface area contributed by atoms with Crippen LogP contribution in [0.5, 0.6) is 0 Å². The molecule has 54 valence electrons. The summed E-state index contributed by atoms with van der Waals surface area (Å²) in [7, 11) is 0. The second kappa shape index (κ2) is 5.63. The van der Waals surface area contributed by atoms with Crippen molar-refractivity contribution in [3.8, 4) is 6.07 Å². The van der Waals surface area contributed by atoms with Crippen LogP contribution < -0.4 is 11.1 Å². The maximum absolute atomic E-state index is 8.09. The summed E-state index contributed by atoms with van der Waals surface area (Å²) < 4.78 is 0. The number of nitrogens with two attached hydrogens (primary N) is 1. The van der Waals surface area contributed by atoms with Gasteiger partial charge in [0.25, 0.3) is 0 Å². The largest absolute Gasteiger partial charge is 0.390 e. The molecular weight excluding hydrogens is 128 g/mol. The third-order valence-electron chi connectivity index (χ3n) is 0.762. The second-order valence-corrected chi connectivity index (χ2v) is 1.65. The van der Waals surface area contributed by atoms with Crippen LogP contribution in [0.1, 0.15) is 6.42 Å². The lowest BCUT2D eigenvalue weighted by molar-refractivity contribution is 0.859. The van der Waals surface area contributed by atoms with Gasteiger partial charge in [-0.05, 0) is 6.08 Å². The van der Waals surface area contributed by atoms with Gasteiger partial charge in [0.1, 0.15) is 5.84 Å². The Morgan fingerprint density at radius 1 is 1.80 bits per heavy atom. The molecule has 0 bridgehead atoms. The van der Waals surface area contributed by atoms with E-state index in [0.717, 1.165) is 0 Å². The van der Waals surface area contributed by atoms with Crippen molar-refractivity contribution in [1.82, 2.24) is 5.32 Å². The SMILES string of the molecule is N#CCCN/C=C\C(=N)N. The van der Waals surface area contributed by atoms with Crippen LogP contribution in [0, 0.1) is 16.7 Å². The summed E-state index contributed by atoms with van der Waals surface area (Å²) in [5.41, 5.74) is 5.00. The molecule has 0 aliphatic rings. The Balaban J connectivity index is 3.20. The molecule has 0 unspecified atom stereocenters. The molecule has 0 saturated heterocycles. The van der Waals surface area contributed by atoms with Crippen molar-refractivity contribution in [3.63, 3.8) is 0 Å². The number of hydrogen-bond donors (Lipinski definition) is 3. The van der Waals surface area contributed by atoms with Crippen LogP contribution in [0.4, 0.5) is 0 Å². The zero-order chi connectivity index (χ0) is 7.82. The summed E-state index contributed by atoms with van der Waals surface area (Å²) in [6.45, 7) is 0.597. The topological polar surface area (TPSA) is 85.7 Å². The molecule has 0 saturated carbocycles. The highest BCUT2D eigenvalue weighted by Crippen LogP contribution is 1.70. The van der Waals surface area contributed by atoms with Crippen molar-refractivity contribution in [2.75, 3.05) is 6.54 Å². The molecule has 0 aromatic carbocycles. The normalized spacial score (nSPS) is 9.10. The number of rotatable bonds is 4. The van der Waals surface area contributed by atoms with E-state index in [1.54, 1.807) is 6.20 Å². The van der Waals surface area contributed by atoms with E-state index in [1.165, 1.54) is 6.08 Å². The van der Waals surface area contributed by atoms with E-state index in [4.69, 9.17) is 16.4 Å². The number of amidine groups is 1. The zero-order valence-electron chi connectivity index (χ0n) is 5.59. The molecule has 4 N–H and O–H groups in total. The molecule has 0 aromatic heterocycles. The van der Waals surface area contributed by atoms with Crippen LogP contribution in [0.3, 0.4) is 0 Å². The summed E-state index contributed by atoms with van der Waals surface area (Å²) in [5, 5.41) is 17.6. The van der Waals surface area contributed by atoms with Gasteiger partial charge in [0.15, 0.2) is 0 Å². The minimum absolute atomic E-state index is 0.00413. The van der Waals surface area contributed by atoms with Gasteiger partial charge in [-0.25, -0.2) is 0 Å². The summed E-state index contributed by atoms with van der Waals surface area (Å²) in [6, 6.07) is 1.97. The molecule has 0 rings (SSSR count). The lowest BCUT2D eigenvalue weighted by Crippen LogP contribution is -2.10. The Hall–Kier alpha value is -1.50. The third kappa shape index (κ3) is 6.50. The first-order valence-corrected chi connectivity index (χ1v) is 2.88. The first-order valence-electron chi connectivity index (χ1n) is 2.88. The monoisotopic (exact) mass is 138 g/mol. The average molecular weight is 138 g/mol. The molecule has 4 nitrogen and oxygen atoms in total. The van der Waals surface area contributed by atoms with Crippen molar-refractivity contribution in [2.24, 2.45) is 5.73 Å². The van der Waals surface area contributed by atoms with Crippen LogP contribution in [-0.2, 0) is 0 Å². The summed E-state index contributed by atoms with van der Waals surface area (Å²) in [5.74, 6) is 0.00413. The highest BCUT2D eigenvalue weighted by molar-refractivity contribution is 5.88. The number of nitrogens with one attached hydrogen (secondary N) is 2. The Morgan fingerprint density at radius 3 is 3.00 bits per heavy atom. The molecule has 0 amide bonds. The van der Waals surface area contributed by atoms with Gasteiger partial charge in [-0.3, -0.25) is 5.41 Å². The molecule has 0 aliphatic carbocycles. The summed E-state index contributed by atoms with van der Waals surface area (Å²) in [6.07, 6.45) is 3.44. The van der Waals surface area contributed by atoms with Gasteiger partial charge in [-0.2, -0.15) is 5.26 Å². The van der Waals surface area contributed by atoms with E-state index in [0.29, 0.717) is 13.0 Å². The zero-order valence-corrected chi connectivity index (χ0v) is 5.59. The predicted octanol–water partition coefficient (Wildman–Crippen LogP) is -0.0606. The highest BCUT2D eigenvalue weighted by Gasteiger charge is 1.78. The van der Waals surface area contributed by atoms with E-state index in [9.17, 15) is 0 Å². The maximum Gasteiger partial charge on any atom is 0.116 e. The van der Waals surface area contributed by atoms with E-state index < -0.39 is 0 Å². The summed E-state index contributed by atoms with van der Waals surface area (Å²) >= 11 is 0. The molecule has 10 heavy (non-hydrogen) atoms. The molecule has 0 aromatic rings. The van der Waals surface area contributed by atoms with Crippen molar-refractivity contribution < 1.29 is 0 Å². The molecule has 4 heteroatoms. The van der Waals surface area contributed by atoms with E-state index in [1.807, 2.05) is 6.07 Å². The third-order valence-corrected chi connectivity index (χ3v) is 0.762. The highest BCUT2D eigenvalue weighted by atomic mass is 14.8. The first-order chi connectivity index (χ1) is 4.77. The fourth-order valence-electron chi connectivity index (χ4n) is 0.360. The van der Waals surface area contributed by atoms with Crippen LogP contribution in [-0.4, -0.2) is 12.4 Å². The Bertz CT molecular complexity index is 165. The van der Waals surface area contributed by atoms with Gasteiger partial charge in [0, 0.05) is 12.7 Å². The molecule has 0 atom stereocenters. The molecule has 0 spiro atoms. The van der Waals surface area contributed by atoms with Gasteiger partial charge < -0.3 is 11.1 Å². The standard InChI is InChI=1S/C6H10N4/c7-3-1-4-10-5-2-6(8)9/h2,5,10H,1,4H2,(H3,8,9)/b5-2-. The molecular formula is C6H10N4. The Kier molecular flexibility index (Phi) is 4.79. The van der Waals surface area contributed by atoms with Crippen molar-refractivity contribution >= 4 is 5.84 Å². The summed E-state index contributed by atoms with van der Waals surface area (Å²) in [4.78, 5) is 0. The van der Waals surface area contributed by atoms with Crippen LogP contribution >= 0.6 is 0 Å². The van der Waals surface area contributed by atoms with E-state index >= 15 is 0 Å².